The second-order valence-electron chi connectivity index (χ2n) is 5.62. The molecule has 0 radical (unpaired) electrons. The van der Waals surface area contributed by atoms with E-state index in [1.54, 1.807) is 0 Å². The maximum absolute atomic E-state index is 12.7. The molecule has 2 atom stereocenters. The Morgan fingerprint density at radius 2 is 1.89 bits per heavy atom. The van der Waals surface area contributed by atoms with Gasteiger partial charge in [0.05, 0.1) is 18.6 Å². The average Bonchev–Trinajstić information content (AvgIpc) is 2.65. The Morgan fingerprint density at radius 3 is 2.44 bits per heavy atom. The zero-order valence-corrected chi connectivity index (χ0v) is 11.5. The molecule has 0 aromatic heterocycles. The van der Waals surface area contributed by atoms with Gasteiger partial charge in [0.15, 0.2) is 5.78 Å². The number of aryl methyl sites for hydroxylation is 3. The lowest BCUT2D eigenvalue weighted by atomic mass is 9.77. The van der Waals surface area contributed by atoms with Crippen LogP contribution in [0, 0.1) is 26.2 Å². The van der Waals surface area contributed by atoms with Gasteiger partial charge in [-0.25, -0.2) is 0 Å². The second kappa shape index (κ2) is 4.48. The van der Waals surface area contributed by atoms with Gasteiger partial charge in [0.2, 0.25) is 0 Å². The summed E-state index contributed by atoms with van der Waals surface area (Å²) in [7, 11) is 0. The molecule has 18 heavy (non-hydrogen) atoms. The van der Waals surface area contributed by atoms with Crippen LogP contribution < -0.4 is 5.73 Å². The van der Waals surface area contributed by atoms with Gasteiger partial charge in [-0.2, -0.15) is 0 Å². The number of ether oxygens (including phenoxy) is 1. The maximum atomic E-state index is 12.7. The summed E-state index contributed by atoms with van der Waals surface area (Å²) in [5, 5.41) is 0. The van der Waals surface area contributed by atoms with E-state index in [1.807, 2.05) is 26.8 Å². The summed E-state index contributed by atoms with van der Waals surface area (Å²) in [5.41, 5.74) is 9.58. The molecular weight excluding hydrogens is 226 g/mol. The van der Waals surface area contributed by atoms with E-state index in [1.165, 1.54) is 5.56 Å². The van der Waals surface area contributed by atoms with Gasteiger partial charge in [-0.1, -0.05) is 6.07 Å². The lowest BCUT2D eigenvalue weighted by Gasteiger charge is -2.26. The van der Waals surface area contributed by atoms with Crippen LogP contribution in [-0.2, 0) is 4.74 Å². The number of nitrogens with two attached hydrogens (primary N) is 1. The van der Waals surface area contributed by atoms with Gasteiger partial charge in [-0.3, -0.25) is 4.79 Å². The molecule has 1 fully saturated rings. The van der Waals surface area contributed by atoms with Gasteiger partial charge in [0, 0.05) is 11.6 Å². The van der Waals surface area contributed by atoms with Crippen LogP contribution in [-0.4, -0.2) is 25.0 Å². The lowest BCUT2D eigenvalue weighted by molar-refractivity contribution is 0.0767. The SMILES string of the molecule is Cc1cc(C)c(C(=O)C2(C)COCC2N)cc1C. The molecule has 1 saturated heterocycles. The van der Waals surface area contributed by atoms with Crippen LogP contribution in [0.1, 0.15) is 34.0 Å². The van der Waals surface area contributed by atoms with Crippen molar-refractivity contribution in [3.63, 3.8) is 0 Å². The number of carbonyl (C=O) groups excluding carboxylic acids is 1. The molecule has 0 spiro atoms. The molecule has 1 heterocycles. The molecule has 0 saturated carbocycles. The number of benzene rings is 1. The molecule has 98 valence electrons. The Labute approximate surface area is 108 Å². The Hall–Kier alpha value is -1.19. The minimum atomic E-state index is -0.591. The Morgan fingerprint density at radius 1 is 1.28 bits per heavy atom. The normalized spacial score (nSPS) is 27.5. The highest BCUT2D eigenvalue weighted by Gasteiger charge is 2.44. The fraction of sp³-hybridized carbons (Fsp3) is 0.533. The van der Waals surface area contributed by atoms with Crippen molar-refractivity contribution in [3.8, 4) is 0 Å². The predicted molar refractivity (Wildman–Crippen MR) is 71.9 cm³/mol. The summed E-state index contributed by atoms with van der Waals surface area (Å²) in [4.78, 5) is 12.7. The fourth-order valence-corrected chi connectivity index (χ4v) is 2.44. The zero-order chi connectivity index (χ0) is 13.5. The quantitative estimate of drug-likeness (QED) is 0.815. The molecule has 2 N–H and O–H groups in total. The molecule has 0 aliphatic carbocycles. The van der Waals surface area contributed by atoms with E-state index in [4.69, 9.17) is 10.5 Å². The largest absolute Gasteiger partial charge is 0.379 e. The average molecular weight is 247 g/mol. The van der Waals surface area contributed by atoms with Crippen LogP contribution in [0.2, 0.25) is 0 Å². The first-order valence-corrected chi connectivity index (χ1v) is 6.32. The van der Waals surface area contributed by atoms with E-state index < -0.39 is 5.41 Å². The molecular formula is C15H21NO2. The summed E-state index contributed by atoms with van der Waals surface area (Å²) >= 11 is 0. The summed E-state index contributed by atoms with van der Waals surface area (Å²) < 4.78 is 5.36. The first-order valence-electron chi connectivity index (χ1n) is 6.32. The number of carbonyl (C=O) groups is 1. The molecule has 3 heteroatoms. The third kappa shape index (κ3) is 1.98. The van der Waals surface area contributed by atoms with Gasteiger partial charge in [0.25, 0.3) is 0 Å². The minimum Gasteiger partial charge on any atom is -0.379 e. The molecule has 0 amide bonds. The summed E-state index contributed by atoms with van der Waals surface area (Å²) in [5.74, 6) is 0.105. The molecule has 1 aliphatic rings. The summed E-state index contributed by atoms with van der Waals surface area (Å²) in [6, 6.07) is 3.82. The van der Waals surface area contributed by atoms with Crippen LogP contribution >= 0.6 is 0 Å². The summed E-state index contributed by atoms with van der Waals surface area (Å²) in [6.07, 6.45) is 0. The molecule has 2 rings (SSSR count). The highest BCUT2D eigenvalue weighted by atomic mass is 16.5. The number of hydrogen-bond donors (Lipinski definition) is 1. The van der Waals surface area contributed by atoms with E-state index in [0.29, 0.717) is 13.2 Å². The van der Waals surface area contributed by atoms with Crippen LogP contribution in [0.15, 0.2) is 12.1 Å². The monoisotopic (exact) mass is 247 g/mol. The van der Waals surface area contributed by atoms with Crippen LogP contribution in [0.5, 0.6) is 0 Å². The summed E-state index contributed by atoms with van der Waals surface area (Å²) in [6.45, 7) is 8.85. The van der Waals surface area contributed by atoms with Gasteiger partial charge >= 0.3 is 0 Å². The number of ketones is 1. The minimum absolute atomic E-state index is 0.105. The smallest absolute Gasteiger partial charge is 0.172 e. The fourth-order valence-electron chi connectivity index (χ4n) is 2.44. The zero-order valence-electron chi connectivity index (χ0n) is 11.5. The number of rotatable bonds is 2. The van der Waals surface area contributed by atoms with Crippen molar-refractivity contribution in [3.05, 3.63) is 34.4 Å². The molecule has 1 aromatic carbocycles. The van der Waals surface area contributed by atoms with Crippen molar-refractivity contribution in [2.45, 2.75) is 33.7 Å². The standard InChI is InChI=1S/C15H21NO2/c1-9-5-11(3)12(6-10(9)2)14(17)15(4)8-18-7-13(15)16/h5-6,13H,7-8,16H2,1-4H3. The van der Waals surface area contributed by atoms with Crippen molar-refractivity contribution in [1.29, 1.82) is 0 Å². The second-order valence-corrected chi connectivity index (χ2v) is 5.62. The van der Waals surface area contributed by atoms with Crippen molar-refractivity contribution >= 4 is 5.78 Å². The molecule has 2 unspecified atom stereocenters. The Kier molecular flexibility index (Phi) is 3.30. The van der Waals surface area contributed by atoms with E-state index in [0.717, 1.165) is 16.7 Å². The first kappa shape index (κ1) is 13.2. The Bertz CT molecular complexity index is 496. The third-order valence-electron chi connectivity index (χ3n) is 4.12. The van der Waals surface area contributed by atoms with Gasteiger partial charge < -0.3 is 10.5 Å². The van der Waals surface area contributed by atoms with E-state index in [-0.39, 0.29) is 11.8 Å². The number of hydrogen-bond acceptors (Lipinski definition) is 3. The molecule has 1 aliphatic heterocycles. The van der Waals surface area contributed by atoms with Crippen molar-refractivity contribution in [2.24, 2.45) is 11.1 Å². The van der Waals surface area contributed by atoms with Crippen molar-refractivity contribution in [1.82, 2.24) is 0 Å². The van der Waals surface area contributed by atoms with Crippen LogP contribution in [0.3, 0.4) is 0 Å². The Balaban J connectivity index is 2.43. The van der Waals surface area contributed by atoms with E-state index in [2.05, 4.69) is 13.0 Å². The molecule has 1 aromatic rings. The highest BCUT2D eigenvalue weighted by Crippen LogP contribution is 2.32. The van der Waals surface area contributed by atoms with Crippen molar-refractivity contribution < 1.29 is 9.53 Å². The molecule has 3 nitrogen and oxygen atoms in total. The van der Waals surface area contributed by atoms with Gasteiger partial charge in [-0.15, -0.1) is 0 Å². The third-order valence-corrected chi connectivity index (χ3v) is 4.12. The van der Waals surface area contributed by atoms with Crippen LogP contribution in [0.4, 0.5) is 0 Å². The van der Waals surface area contributed by atoms with Gasteiger partial charge in [0.1, 0.15) is 0 Å². The lowest BCUT2D eigenvalue weighted by Crippen LogP contribution is -2.44. The van der Waals surface area contributed by atoms with Gasteiger partial charge in [-0.05, 0) is 50.5 Å². The maximum Gasteiger partial charge on any atom is 0.172 e. The van der Waals surface area contributed by atoms with E-state index in [9.17, 15) is 4.79 Å². The highest BCUT2D eigenvalue weighted by molar-refractivity contribution is 6.02. The first-order chi connectivity index (χ1) is 8.36. The predicted octanol–water partition coefficient (Wildman–Crippen LogP) is 2.16. The topological polar surface area (TPSA) is 52.3 Å². The number of Topliss-reactive ketones (excluding diaryl/α,β-unsaturated/α-hetero) is 1. The van der Waals surface area contributed by atoms with Crippen molar-refractivity contribution in [2.75, 3.05) is 13.2 Å². The van der Waals surface area contributed by atoms with Crippen LogP contribution in [0.25, 0.3) is 0 Å². The van der Waals surface area contributed by atoms with E-state index >= 15 is 0 Å². The molecule has 0 bridgehead atoms.